The zero-order valence-electron chi connectivity index (χ0n) is 13.4. The van der Waals surface area contributed by atoms with Crippen molar-refractivity contribution in [2.45, 2.75) is 64.0 Å². The highest BCUT2D eigenvalue weighted by molar-refractivity contribution is 4.99. The van der Waals surface area contributed by atoms with Crippen molar-refractivity contribution >= 4 is 0 Å². The predicted octanol–water partition coefficient (Wildman–Crippen LogP) is 2.81. The van der Waals surface area contributed by atoms with E-state index in [9.17, 15) is 13.2 Å². The van der Waals surface area contributed by atoms with E-state index in [4.69, 9.17) is 4.74 Å². The quantitative estimate of drug-likeness (QED) is 0.864. The molecule has 0 saturated carbocycles. The van der Waals surface area contributed by atoms with Crippen molar-refractivity contribution in [3.05, 3.63) is 0 Å². The van der Waals surface area contributed by atoms with Crippen molar-refractivity contribution in [2.75, 3.05) is 26.2 Å². The average Bonchev–Trinajstić information content (AvgIpc) is 2.75. The highest BCUT2D eigenvalue weighted by Crippen LogP contribution is 2.37. The second kappa shape index (κ2) is 5.70. The molecule has 0 amide bonds. The number of alkyl halides is 3. The van der Waals surface area contributed by atoms with Crippen LogP contribution in [0, 0.1) is 5.92 Å². The molecule has 0 bridgehead atoms. The van der Waals surface area contributed by atoms with Crippen LogP contribution in [-0.4, -0.2) is 54.5 Å². The van der Waals surface area contributed by atoms with E-state index in [0.717, 1.165) is 19.4 Å². The Morgan fingerprint density at radius 2 is 1.90 bits per heavy atom. The van der Waals surface area contributed by atoms with Crippen LogP contribution in [0.3, 0.4) is 0 Å². The maximum atomic E-state index is 12.4. The van der Waals surface area contributed by atoms with Crippen molar-refractivity contribution in [3.63, 3.8) is 0 Å². The zero-order chi connectivity index (χ0) is 15.9. The smallest absolute Gasteiger partial charge is 0.368 e. The SMILES string of the molecule is CC1(C)CC(NCC2CCN(CC(F)(F)F)C2)C(C)(C)O1. The highest BCUT2D eigenvalue weighted by atomic mass is 19.4. The minimum absolute atomic E-state index is 0.140. The standard InChI is InChI=1S/C15H27F3N2O/c1-13(2)7-12(14(3,4)21-13)19-8-11-5-6-20(9-11)10-15(16,17)18/h11-12,19H,5-10H2,1-4H3. The number of hydrogen-bond donors (Lipinski definition) is 1. The molecule has 0 aliphatic carbocycles. The summed E-state index contributed by atoms with van der Waals surface area (Å²) in [4.78, 5) is 1.51. The van der Waals surface area contributed by atoms with Gasteiger partial charge in [-0.05, 0) is 59.5 Å². The second-order valence-corrected chi connectivity index (χ2v) is 7.64. The monoisotopic (exact) mass is 308 g/mol. The molecule has 0 aromatic rings. The third-order valence-electron chi connectivity index (χ3n) is 4.50. The molecular formula is C15H27F3N2O. The largest absolute Gasteiger partial charge is 0.401 e. The summed E-state index contributed by atoms with van der Waals surface area (Å²) in [5.41, 5.74) is -0.368. The lowest BCUT2D eigenvalue weighted by atomic mass is 9.94. The minimum atomic E-state index is -4.09. The summed E-state index contributed by atoms with van der Waals surface area (Å²) in [5, 5.41) is 3.52. The van der Waals surface area contributed by atoms with Gasteiger partial charge in [0.25, 0.3) is 0 Å². The highest BCUT2D eigenvalue weighted by Gasteiger charge is 2.45. The summed E-state index contributed by atoms with van der Waals surface area (Å²) in [6.07, 6.45) is -2.33. The third kappa shape index (κ3) is 4.83. The molecule has 3 nitrogen and oxygen atoms in total. The lowest BCUT2D eigenvalue weighted by Gasteiger charge is -2.28. The Hall–Kier alpha value is -0.330. The molecule has 6 heteroatoms. The number of ether oxygens (including phenoxy) is 1. The normalized spacial score (nSPS) is 32.7. The van der Waals surface area contributed by atoms with Crippen molar-refractivity contribution < 1.29 is 17.9 Å². The Balaban J connectivity index is 1.77. The first-order valence-corrected chi connectivity index (χ1v) is 7.69. The first-order chi connectivity index (χ1) is 9.47. The minimum Gasteiger partial charge on any atom is -0.368 e. The van der Waals surface area contributed by atoms with E-state index >= 15 is 0 Å². The molecule has 0 spiro atoms. The molecule has 2 saturated heterocycles. The fraction of sp³-hybridized carbons (Fsp3) is 1.00. The van der Waals surface area contributed by atoms with Gasteiger partial charge >= 0.3 is 6.18 Å². The van der Waals surface area contributed by atoms with Gasteiger partial charge in [-0.1, -0.05) is 0 Å². The lowest BCUT2D eigenvalue weighted by molar-refractivity contribution is -0.143. The maximum absolute atomic E-state index is 12.4. The molecule has 0 aromatic heterocycles. The molecule has 2 aliphatic heterocycles. The molecule has 2 heterocycles. The number of hydrogen-bond acceptors (Lipinski definition) is 3. The Bertz CT molecular complexity index is 368. The molecule has 2 fully saturated rings. The number of halogens is 3. The van der Waals surface area contributed by atoms with E-state index in [0.29, 0.717) is 19.0 Å². The fourth-order valence-corrected chi connectivity index (χ4v) is 3.67. The molecule has 2 rings (SSSR count). The lowest BCUT2D eigenvalue weighted by Crippen LogP contribution is -2.45. The molecule has 2 atom stereocenters. The van der Waals surface area contributed by atoms with Crippen LogP contribution in [0.25, 0.3) is 0 Å². The summed E-state index contributed by atoms with van der Waals surface area (Å²) in [6, 6.07) is 0.254. The number of nitrogens with one attached hydrogen (secondary N) is 1. The Labute approximate surface area is 125 Å². The summed E-state index contributed by atoms with van der Waals surface area (Å²) >= 11 is 0. The molecule has 0 radical (unpaired) electrons. The van der Waals surface area contributed by atoms with Gasteiger partial charge in [0.15, 0.2) is 0 Å². The average molecular weight is 308 g/mol. The number of nitrogens with zero attached hydrogens (tertiary/aromatic N) is 1. The summed E-state index contributed by atoms with van der Waals surface area (Å²) in [5.74, 6) is 0.298. The van der Waals surface area contributed by atoms with Crippen LogP contribution in [0.4, 0.5) is 13.2 Å². The van der Waals surface area contributed by atoms with Gasteiger partial charge in [0.2, 0.25) is 0 Å². The molecule has 2 unspecified atom stereocenters. The molecule has 2 aliphatic rings. The fourth-order valence-electron chi connectivity index (χ4n) is 3.67. The van der Waals surface area contributed by atoms with E-state index in [1.165, 1.54) is 4.90 Å². The summed E-state index contributed by atoms with van der Waals surface area (Å²) in [7, 11) is 0. The molecule has 124 valence electrons. The number of rotatable bonds is 4. The van der Waals surface area contributed by atoms with Crippen molar-refractivity contribution in [1.82, 2.24) is 10.2 Å². The van der Waals surface area contributed by atoms with Crippen LogP contribution in [0.5, 0.6) is 0 Å². The molecule has 0 aromatic carbocycles. The number of likely N-dealkylation sites (tertiary alicyclic amines) is 1. The zero-order valence-corrected chi connectivity index (χ0v) is 13.4. The van der Waals surface area contributed by atoms with Crippen LogP contribution in [0.2, 0.25) is 0 Å². The van der Waals surface area contributed by atoms with E-state index in [2.05, 4.69) is 33.0 Å². The van der Waals surface area contributed by atoms with Gasteiger partial charge < -0.3 is 10.1 Å². The summed E-state index contributed by atoms with van der Waals surface area (Å²) < 4.78 is 43.2. The van der Waals surface area contributed by atoms with E-state index in [1.54, 1.807) is 0 Å². The van der Waals surface area contributed by atoms with Crippen molar-refractivity contribution in [1.29, 1.82) is 0 Å². The molecular weight excluding hydrogens is 281 g/mol. The van der Waals surface area contributed by atoms with Crippen molar-refractivity contribution in [2.24, 2.45) is 5.92 Å². The van der Waals surface area contributed by atoms with Gasteiger partial charge in [-0.3, -0.25) is 4.90 Å². The van der Waals surface area contributed by atoms with Gasteiger partial charge in [-0.15, -0.1) is 0 Å². The first-order valence-electron chi connectivity index (χ1n) is 7.69. The third-order valence-corrected chi connectivity index (χ3v) is 4.50. The van der Waals surface area contributed by atoms with Gasteiger partial charge in [0.05, 0.1) is 17.7 Å². The second-order valence-electron chi connectivity index (χ2n) is 7.64. The predicted molar refractivity (Wildman–Crippen MR) is 76.3 cm³/mol. The van der Waals surface area contributed by atoms with Crippen LogP contribution in [-0.2, 0) is 4.74 Å². The van der Waals surface area contributed by atoms with Crippen LogP contribution < -0.4 is 5.32 Å². The Kier molecular flexibility index (Phi) is 4.63. The van der Waals surface area contributed by atoms with Gasteiger partial charge in [-0.25, -0.2) is 0 Å². The van der Waals surface area contributed by atoms with Gasteiger partial charge in [0.1, 0.15) is 0 Å². The van der Waals surface area contributed by atoms with Crippen molar-refractivity contribution in [3.8, 4) is 0 Å². The van der Waals surface area contributed by atoms with E-state index in [1.807, 2.05) is 0 Å². The maximum Gasteiger partial charge on any atom is 0.401 e. The topological polar surface area (TPSA) is 24.5 Å². The van der Waals surface area contributed by atoms with Crippen LogP contribution >= 0.6 is 0 Å². The van der Waals surface area contributed by atoms with Crippen LogP contribution in [0.1, 0.15) is 40.5 Å². The van der Waals surface area contributed by atoms with Crippen LogP contribution in [0.15, 0.2) is 0 Å². The van der Waals surface area contributed by atoms with E-state index in [-0.39, 0.29) is 17.2 Å². The summed E-state index contributed by atoms with van der Waals surface area (Å²) in [6.45, 7) is 9.37. The van der Waals surface area contributed by atoms with Gasteiger partial charge in [0, 0.05) is 12.6 Å². The molecule has 1 N–H and O–H groups in total. The van der Waals surface area contributed by atoms with E-state index < -0.39 is 12.7 Å². The Morgan fingerprint density at radius 1 is 1.24 bits per heavy atom. The molecule has 21 heavy (non-hydrogen) atoms. The van der Waals surface area contributed by atoms with Gasteiger partial charge in [-0.2, -0.15) is 13.2 Å². The first kappa shape index (κ1) is 17.0. The Morgan fingerprint density at radius 3 is 2.43 bits per heavy atom.